The average molecular weight is 215 g/mol. The molecule has 1 aliphatic rings. The highest BCUT2D eigenvalue weighted by Gasteiger charge is 2.30. The van der Waals surface area contributed by atoms with Gasteiger partial charge in [-0.25, -0.2) is 0 Å². The Morgan fingerprint density at radius 2 is 2.44 bits per heavy atom. The minimum Gasteiger partial charge on any atom is -0.294 e. The lowest BCUT2D eigenvalue weighted by Crippen LogP contribution is -2.13. The highest BCUT2D eigenvalue weighted by Crippen LogP contribution is 2.33. The highest BCUT2D eigenvalue weighted by molar-refractivity contribution is 6.00. The molecule has 0 N–H and O–H groups in total. The Kier molecular flexibility index (Phi) is 3.18. The molecule has 0 amide bonds. The monoisotopic (exact) mass is 215 g/mol. The quantitative estimate of drug-likeness (QED) is 0.725. The van der Waals surface area contributed by atoms with E-state index in [9.17, 15) is 4.79 Å². The van der Waals surface area contributed by atoms with Crippen LogP contribution in [-0.2, 0) is 11.2 Å². The number of aryl methyl sites for hydroxylation is 1. The molecule has 1 aliphatic carbocycles. The number of nitrogens with zero attached hydrogens (tertiary/aromatic N) is 1. The summed E-state index contributed by atoms with van der Waals surface area (Å²) in [6, 6.07) is 4.03. The molecular formula is C14H17NO. The van der Waals surface area contributed by atoms with E-state index in [2.05, 4.69) is 11.1 Å². The fraction of sp³-hybridized carbons (Fsp3) is 0.429. The van der Waals surface area contributed by atoms with Crippen LogP contribution in [-0.4, -0.2) is 10.8 Å². The highest BCUT2D eigenvalue weighted by atomic mass is 16.1. The van der Waals surface area contributed by atoms with Gasteiger partial charge in [-0.1, -0.05) is 19.1 Å². The molecule has 0 fully saturated rings. The van der Waals surface area contributed by atoms with E-state index in [-0.39, 0.29) is 11.7 Å². The molecule has 1 heterocycles. The third-order valence-electron chi connectivity index (χ3n) is 3.32. The fourth-order valence-corrected chi connectivity index (χ4v) is 2.41. The van der Waals surface area contributed by atoms with Crippen LogP contribution in [0.3, 0.4) is 0 Å². The van der Waals surface area contributed by atoms with Gasteiger partial charge >= 0.3 is 0 Å². The van der Waals surface area contributed by atoms with Crippen molar-refractivity contribution in [1.82, 2.24) is 4.98 Å². The fourth-order valence-electron chi connectivity index (χ4n) is 2.41. The number of carbonyl (C=O) groups excluding carboxylic acids is 1. The van der Waals surface area contributed by atoms with Crippen molar-refractivity contribution >= 4 is 5.78 Å². The molecule has 0 spiro atoms. The van der Waals surface area contributed by atoms with Gasteiger partial charge in [-0.05, 0) is 43.4 Å². The van der Waals surface area contributed by atoms with Crippen LogP contribution >= 0.6 is 0 Å². The van der Waals surface area contributed by atoms with E-state index in [1.165, 1.54) is 5.56 Å². The van der Waals surface area contributed by atoms with Gasteiger partial charge in [0, 0.05) is 6.20 Å². The molecule has 16 heavy (non-hydrogen) atoms. The summed E-state index contributed by atoms with van der Waals surface area (Å²) in [4.78, 5) is 16.6. The second-order valence-electron chi connectivity index (χ2n) is 4.17. The van der Waals surface area contributed by atoms with Crippen LogP contribution in [0.25, 0.3) is 0 Å². The van der Waals surface area contributed by atoms with Crippen LogP contribution in [0.5, 0.6) is 0 Å². The largest absolute Gasteiger partial charge is 0.294 e. The molecule has 0 aliphatic heterocycles. The van der Waals surface area contributed by atoms with Crippen molar-refractivity contribution in [2.24, 2.45) is 0 Å². The number of allylic oxidation sites excluding steroid dienone is 2. The molecule has 0 saturated heterocycles. The summed E-state index contributed by atoms with van der Waals surface area (Å²) < 4.78 is 0. The molecule has 2 nitrogen and oxygen atoms in total. The first-order valence-electron chi connectivity index (χ1n) is 5.91. The molecule has 84 valence electrons. The van der Waals surface area contributed by atoms with E-state index in [0.717, 1.165) is 30.5 Å². The van der Waals surface area contributed by atoms with Crippen LogP contribution in [0.2, 0.25) is 0 Å². The van der Waals surface area contributed by atoms with Gasteiger partial charge in [-0.2, -0.15) is 0 Å². The summed E-state index contributed by atoms with van der Waals surface area (Å²) >= 11 is 0. The van der Waals surface area contributed by atoms with Crippen LogP contribution < -0.4 is 0 Å². The molecule has 0 radical (unpaired) electrons. The van der Waals surface area contributed by atoms with E-state index in [1.807, 2.05) is 26.0 Å². The van der Waals surface area contributed by atoms with Crippen LogP contribution in [0.4, 0.5) is 0 Å². The van der Waals surface area contributed by atoms with Crippen LogP contribution in [0.15, 0.2) is 30.0 Å². The summed E-state index contributed by atoms with van der Waals surface area (Å²) in [6.45, 7) is 3.96. The average Bonchev–Trinajstić information content (AvgIpc) is 2.74. The lowest BCUT2D eigenvalue weighted by atomic mass is 9.93. The second-order valence-corrected chi connectivity index (χ2v) is 4.17. The number of fused-ring (bicyclic) bond motifs is 1. The number of rotatable bonds is 3. The van der Waals surface area contributed by atoms with E-state index in [4.69, 9.17) is 0 Å². The van der Waals surface area contributed by atoms with Crippen LogP contribution in [0.1, 0.15) is 43.9 Å². The first-order valence-corrected chi connectivity index (χ1v) is 5.91. The maximum atomic E-state index is 12.3. The standard InChI is InChI=1S/C14H17NO/c1-3-10(4-2)14(16)12-8-7-11-6-5-9-15-13(11)12/h3,5-6,9,12H,4,7-8H2,1-2H3/b10-3-. The Hall–Kier alpha value is -1.44. The van der Waals surface area contributed by atoms with E-state index in [0.29, 0.717) is 0 Å². The summed E-state index contributed by atoms with van der Waals surface area (Å²) in [5.41, 5.74) is 3.18. The molecular weight excluding hydrogens is 198 g/mol. The smallest absolute Gasteiger partial charge is 0.167 e. The van der Waals surface area contributed by atoms with Crippen molar-refractivity contribution in [3.8, 4) is 0 Å². The van der Waals surface area contributed by atoms with Gasteiger partial charge < -0.3 is 0 Å². The lowest BCUT2D eigenvalue weighted by Gasteiger charge is -2.10. The number of hydrogen-bond acceptors (Lipinski definition) is 2. The van der Waals surface area contributed by atoms with E-state index in [1.54, 1.807) is 6.20 Å². The number of pyridine rings is 1. The predicted octanol–water partition coefficient (Wildman–Crippen LogP) is 3.04. The molecule has 1 atom stereocenters. The summed E-state index contributed by atoms with van der Waals surface area (Å²) in [6.07, 6.45) is 6.44. The minimum absolute atomic E-state index is 0.00218. The topological polar surface area (TPSA) is 30.0 Å². The van der Waals surface area contributed by atoms with Gasteiger partial charge in [-0.15, -0.1) is 0 Å². The van der Waals surface area contributed by atoms with Crippen molar-refractivity contribution in [1.29, 1.82) is 0 Å². The van der Waals surface area contributed by atoms with Crippen molar-refractivity contribution < 1.29 is 4.79 Å². The van der Waals surface area contributed by atoms with Crippen LogP contribution in [0, 0.1) is 0 Å². The maximum Gasteiger partial charge on any atom is 0.167 e. The molecule has 2 heteroatoms. The molecule has 0 bridgehead atoms. The third-order valence-corrected chi connectivity index (χ3v) is 3.32. The molecule has 0 aromatic carbocycles. The van der Waals surface area contributed by atoms with Gasteiger partial charge in [0.05, 0.1) is 11.6 Å². The lowest BCUT2D eigenvalue weighted by molar-refractivity contribution is -0.117. The number of aromatic nitrogens is 1. The Morgan fingerprint density at radius 3 is 3.12 bits per heavy atom. The van der Waals surface area contributed by atoms with Gasteiger partial charge in [-0.3, -0.25) is 9.78 Å². The molecule has 0 saturated carbocycles. The SMILES string of the molecule is C/C=C(/CC)C(=O)C1CCc2cccnc21. The third kappa shape index (κ3) is 1.80. The first kappa shape index (κ1) is 11.1. The Balaban J connectivity index is 2.29. The summed E-state index contributed by atoms with van der Waals surface area (Å²) in [5.74, 6) is 0.268. The van der Waals surface area contributed by atoms with E-state index >= 15 is 0 Å². The zero-order valence-corrected chi connectivity index (χ0v) is 9.86. The molecule has 1 unspecified atom stereocenters. The Labute approximate surface area is 96.4 Å². The van der Waals surface area contributed by atoms with Crippen molar-refractivity contribution in [2.45, 2.75) is 39.0 Å². The van der Waals surface area contributed by atoms with Gasteiger partial charge in [0.2, 0.25) is 0 Å². The zero-order valence-electron chi connectivity index (χ0n) is 9.86. The van der Waals surface area contributed by atoms with E-state index < -0.39 is 0 Å². The Morgan fingerprint density at radius 1 is 1.62 bits per heavy atom. The number of carbonyl (C=O) groups is 1. The first-order chi connectivity index (χ1) is 7.77. The van der Waals surface area contributed by atoms with Crippen molar-refractivity contribution in [2.75, 3.05) is 0 Å². The summed E-state index contributed by atoms with van der Waals surface area (Å²) in [5, 5.41) is 0. The van der Waals surface area contributed by atoms with Crippen molar-refractivity contribution in [3.05, 3.63) is 41.2 Å². The maximum absolute atomic E-state index is 12.3. The Bertz CT molecular complexity index is 434. The van der Waals surface area contributed by atoms with Crippen molar-refractivity contribution in [3.63, 3.8) is 0 Å². The second kappa shape index (κ2) is 4.60. The normalized spacial score (nSPS) is 19.6. The molecule has 1 aromatic rings. The minimum atomic E-state index is 0.00218. The molecule has 2 rings (SSSR count). The van der Waals surface area contributed by atoms with Gasteiger partial charge in [0.1, 0.15) is 0 Å². The number of hydrogen-bond donors (Lipinski definition) is 0. The summed E-state index contributed by atoms with van der Waals surface area (Å²) in [7, 11) is 0. The number of ketones is 1. The van der Waals surface area contributed by atoms with Gasteiger partial charge in [0.25, 0.3) is 0 Å². The van der Waals surface area contributed by atoms with Gasteiger partial charge in [0.15, 0.2) is 5.78 Å². The zero-order chi connectivity index (χ0) is 11.5. The predicted molar refractivity (Wildman–Crippen MR) is 64.4 cm³/mol. The number of Topliss-reactive ketones (excluding diaryl/α,β-unsaturated/α-hetero) is 1. The molecule has 1 aromatic heterocycles.